The second-order valence-electron chi connectivity index (χ2n) is 8.35. The van der Waals surface area contributed by atoms with Gasteiger partial charge >= 0.3 is 0 Å². The minimum Gasteiger partial charge on any atom is -0.467 e. The van der Waals surface area contributed by atoms with Gasteiger partial charge in [-0.25, -0.2) is 5.01 Å². The molecule has 3 heterocycles. The lowest BCUT2D eigenvalue weighted by molar-refractivity contribution is -0.132. The van der Waals surface area contributed by atoms with Crippen LogP contribution >= 0.6 is 23.4 Å². The number of furan rings is 1. The minimum atomic E-state index is -0.473. The summed E-state index contributed by atoms with van der Waals surface area (Å²) in [5, 5.41) is 14.9. The first-order chi connectivity index (χ1) is 14.7. The molecule has 1 aliphatic heterocycles. The van der Waals surface area contributed by atoms with Gasteiger partial charge in [0.05, 0.1) is 17.2 Å². The first-order valence-corrected chi connectivity index (χ1v) is 11.2. The Morgan fingerprint density at radius 2 is 1.97 bits per heavy atom. The van der Waals surface area contributed by atoms with Crippen LogP contribution in [0.25, 0.3) is 0 Å². The van der Waals surface area contributed by atoms with E-state index in [1.165, 1.54) is 16.8 Å². The van der Waals surface area contributed by atoms with Crippen LogP contribution in [-0.2, 0) is 10.2 Å². The molecule has 1 aliphatic rings. The molecule has 0 saturated carbocycles. The van der Waals surface area contributed by atoms with Gasteiger partial charge < -0.3 is 8.83 Å². The van der Waals surface area contributed by atoms with Crippen molar-refractivity contribution in [1.29, 1.82) is 0 Å². The van der Waals surface area contributed by atoms with Gasteiger partial charge in [0.1, 0.15) is 11.8 Å². The van der Waals surface area contributed by atoms with Crippen LogP contribution in [0.4, 0.5) is 0 Å². The third kappa shape index (κ3) is 4.70. The second-order valence-corrected chi connectivity index (χ2v) is 10.1. The summed E-state index contributed by atoms with van der Waals surface area (Å²) in [5.74, 6) is 1.06. The Morgan fingerprint density at radius 3 is 2.58 bits per heavy atom. The molecule has 0 saturated heterocycles. The van der Waals surface area contributed by atoms with Crippen molar-refractivity contribution in [3.05, 3.63) is 64.9 Å². The van der Waals surface area contributed by atoms with Crippen LogP contribution in [0.1, 0.15) is 57.4 Å². The molecule has 4 rings (SSSR count). The van der Waals surface area contributed by atoms with Crippen molar-refractivity contribution in [2.45, 2.75) is 56.0 Å². The van der Waals surface area contributed by atoms with Crippen molar-refractivity contribution in [3.63, 3.8) is 0 Å². The number of halogens is 1. The van der Waals surface area contributed by atoms with Gasteiger partial charge in [-0.1, -0.05) is 56.3 Å². The molecule has 1 aromatic carbocycles. The molecule has 0 bridgehead atoms. The maximum Gasteiger partial charge on any atom is 0.277 e. The summed E-state index contributed by atoms with van der Waals surface area (Å²) in [6.07, 6.45) is 2.15. The number of carbonyl (C=O) groups excluding carboxylic acids is 1. The quantitative estimate of drug-likeness (QED) is 0.471. The molecule has 1 amide bonds. The van der Waals surface area contributed by atoms with E-state index in [9.17, 15) is 4.79 Å². The molecule has 0 N–H and O–H groups in total. The van der Waals surface area contributed by atoms with Gasteiger partial charge in [0, 0.05) is 16.9 Å². The van der Waals surface area contributed by atoms with E-state index in [2.05, 4.69) is 15.3 Å². The summed E-state index contributed by atoms with van der Waals surface area (Å²) in [6.45, 7) is 7.79. The van der Waals surface area contributed by atoms with Crippen LogP contribution in [0.5, 0.6) is 0 Å². The maximum absolute atomic E-state index is 13.3. The van der Waals surface area contributed by atoms with Gasteiger partial charge in [-0.2, -0.15) is 5.10 Å². The average Bonchev–Trinajstić information content (AvgIpc) is 3.47. The topological polar surface area (TPSA) is 84.7 Å². The van der Waals surface area contributed by atoms with Gasteiger partial charge in [-0.05, 0) is 36.8 Å². The van der Waals surface area contributed by atoms with Crippen LogP contribution in [0.2, 0.25) is 5.02 Å². The van der Waals surface area contributed by atoms with Crippen LogP contribution < -0.4 is 0 Å². The fraction of sp³-hybridized carbons (Fsp3) is 0.364. The minimum absolute atomic E-state index is 0.161. The molecular formula is C22H23ClN4O3S. The number of aromatic nitrogens is 2. The fourth-order valence-electron chi connectivity index (χ4n) is 3.18. The lowest BCUT2D eigenvalue weighted by atomic mass is 9.97. The van der Waals surface area contributed by atoms with Crippen LogP contribution in [0, 0.1) is 0 Å². The Balaban J connectivity index is 1.56. The van der Waals surface area contributed by atoms with E-state index in [1.807, 2.05) is 64.1 Å². The summed E-state index contributed by atoms with van der Waals surface area (Å²) in [4.78, 5) is 13.3. The normalized spacial score (nSPS) is 17.6. The molecule has 0 aliphatic carbocycles. The second kappa shape index (κ2) is 8.51. The number of hydrogen-bond donors (Lipinski definition) is 0. The van der Waals surface area contributed by atoms with E-state index in [0.717, 1.165) is 11.3 Å². The van der Waals surface area contributed by atoms with Gasteiger partial charge in [0.15, 0.2) is 0 Å². The molecule has 2 unspecified atom stereocenters. The standard InChI is InChI=1S/C22H23ClN4O3S/c1-13(31-21-25-24-20(30-21)22(2,3)4)19(28)27-17(18-6-5-11-29-18)12-16(26-27)14-7-9-15(23)10-8-14/h5-11,13,17H,12H2,1-4H3. The summed E-state index contributed by atoms with van der Waals surface area (Å²) < 4.78 is 11.3. The van der Waals surface area contributed by atoms with E-state index in [0.29, 0.717) is 28.3 Å². The van der Waals surface area contributed by atoms with Crippen molar-refractivity contribution >= 4 is 35.0 Å². The molecule has 2 atom stereocenters. The average molecular weight is 459 g/mol. The number of amides is 1. The summed E-state index contributed by atoms with van der Waals surface area (Å²) in [7, 11) is 0. The largest absolute Gasteiger partial charge is 0.467 e. The molecule has 31 heavy (non-hydrogen) atoms. The molecule has 0 spiro atoms. The number of carbonyl (C=O) groups is 1. The lowest BCUT2D eigenvalue weighted by Gasteiger charge is -2.22. The Kier molecular flexibility index (Phi) is 5.94. The van der Waals surface area contributed by atoms with Gasteiger partial charge in [-0.3, -0.25) is 4.79 Å². The zero-order chi connectivity index (χ0) is 22.2. The Labute approximate surface area is 189 Å². The first-order valence-electron chi connectivity index (χ1n) is 9.93. The van der Waals surface area contributed by atoms with E-state index < -0.39 is 5.25 Å². The molecule has 9 heteroatoms. The van der Waals surface area contributed by atoms with Gasteiger partial charge in [0.2, 0.25) is 5.89 Å². The number of thioether (sulfide) groups is 1. The van der Waals surface area contributed by atoms with Crippen LogP contribution in [0.15, 0.2) is 61.8 Å². The zero-order valence-corrected chi connectivity index (χ0v) is 19.3. The van der Waals surface area contributed by atoms with E-state index in [1.54, 1.807) is 6.26 Å². The Morgan fingerprint density at radius 1 is 1.23 bits per heavy atom. The summed E-state index contributed by atoms with van der Waals surface area (Å²) in [5.41, 5.74) is 1.47. The predicted molar refractivity (Wildman–Crippen MR) is 119 cm³/mol. The number of rotatable bonds is 5. The maximum atomic E-state index is 13.3. The molecule has 3 aromatic rings. The molecule has 7 nitrogen and oxygen atoms in total. The van der Waals surface area contributed by atoms with Gasteiger partial charge in [0.25, 0.3) is 11.1 Å². The van der Waals surface area contributed by atoms with Crippen LogP contribution in [-0.4, -0.2) is 32.1 Å². The van der Waals surface area contributed by atoms with E-state index >= 15 is 0 Å². The highest BCUT2D eigenvalue weighted by atomic mass is 35.5. The lowest BCUT2D eigenvalue weighted by Crippen LogP contribution is -2.33. The highest BCUT2D eigenvalue weighted by molar-refractivity contribution is 8.00. The molecule has 162 valence electrons. The van der Waals surface area contributed by atoms with E-state index in [-0.39, 0.29) is 17.4 Å². The van der Waals surface area contributed by atoms with Crippen molar-refractivity contribution in [3.8, 4) is 0 Å². The van der Waals surface area contributed by atoms with Crippen molar-refractivity contribution in [2.24, 2.45) is 5.10 Å². The fourth-order valence-corrected chi connectivity index (χ4v) is 4.03. The predicted octanol–water partition coefficient (Wildman–Crippen LogP) is 5.47. The monoisotopic (exact) mass is 458 g/mol. The Hall–Kier alpha value is -2.58. The molecule has 2 aromatic heterocycles. The Bertz CT molecular complexity index is 1090. The third-order valence-electron chi connectivity index (χ3n) is 4.86. The van der Waals surface area contributed by atoms with Gasteiger partial charge in [-0.15, -0.1) is 10.2 Å². The van der Waals surface area contributed by atoms with Crippen molar-refractivity contribution in [1.82, 2.24) is 15.2 Å². The highest BCUT2D eigenvalue weighted by Crippen LogP contribution is 2.36. The van der Waals surface area contributed by atoms with Crippen molar-refractivity contribution in [2.75, 3.05) is 0 Å². The number of benzene rings is 1. The molecule has 0 fully saturated rings. The highest BCUT2D eigenvalue weighted by Gasteiger charge is 2.37. The van der Waals surface area contributed by atoms with Crippen LogP contribution in [0.3, 0.4) is 0 Å². The smallest absolute Gasteiger partial charge is 0.277 e. The summed E-state index contributed by atoms with van der Waals surface area (Å²) >= 11 is 7.24. The SMILES string of the molecule is CC(Sc1nnc(C(C)(C)C)o1)C(=O)N1N=C(c2ccc(Cl)cc2)CC1c1ccco1. The number of hydrazone groups is 1. The molecule has 0 radical (unpaired) electrons. The molecular weight excluding hydrogens is 436 g/mol. The zero-order valence-electron chi connectivity index (χ0n) is 17.7. The summed E-state index contributed by atoms with van der Waals surface area (Å²) in [6, 6.07) is 10.8. The first kappa shape index (κ1) is 21.6. The number of hydrogen-bond acceptors (Lipinski definition) is 7. The number of nitrogens with zero attached hydrogens (tertiary/aromatic N) is 4. The third-order valence-corrected chi connectivity index (χ3v) is 6.03. The van der Waals surface area contributed by atoms with Crippen molar-refractivity contribution < 1.29 is 13.6 Å². The van der Waals surface area contributed by atoms with E-state index in [4.69, 9.17) is 20.4 Å².